The summed E-state index contributed by atoms with van der Waals surface area (Å²) >= 11 is -0.826. The molecule has 30 heavy (non-hydrogen) atoms. The van der Waals surface area contributed by atoms with Crippen LogP contribution >= 0.6 is 17.0 Å². The van der Waals surface area contributed by atoms with E-state index in [-0.39, 0.29) is 23.3 Å². The van der Waals surface area contributed by atoms with Crippen molar-refractivity contribution in [1.82, 2.24) is 0 Å². The third kappa shape index (κ3) is 6.66. The Morgan fingerprint density at radius 2 is 1.17 bits per heavy atom. The number of rotatable bonds is 5. The average Bonchev–Trinajstić information content (AvgIpc) is 3.34. The van der Waals surface area contributed by atoms with Gasteiger partial charge in [-0.1, -0.05) is 51.5 Å². The molecule has 0 bridgehead atoms. The van der Waals surface area contributed by atoms with E-state index >= 15 is 0 Å². The fourth-order valence-corrected chi connectivity index (χ4v) is 8.27. The summed E-state index contributed by atoms with van der Waals surface area (Å²) in [6, 6.07) is 0. The maximum atomic E-state index is 4.93. The van der Waals surface area contributed by atoms with Gasteiger partial charge >= 0.3 is 37.9 Å². The monoisotopic (exact) mass is 529 g/mol. The van der Waals surface area contributed by atoms with Gasteiger partial charge in [-0.15, -0.1) is 6.58 Å². The van der Waals surface area contributed by atoms with Crippen molar-refractivity contribution in [3.05, 3.63) is 27.5 Å². The van der Waals surface area contributed by atoms with Crippen molar-refractivity contribution in [3.63, 3.8) is 0 Å². The molecule has 0 amide bonds. The third-order valence-corrected chi connectivity index (χ3v) is 9.16. The van der Waals surface area contributed by atoms with Crippen molar-refractivity contribution >= 4 is 25.4 Å². The van der Waals surface area contributed by atoms with Crippen molar-refractivity contribution in [3.8, 4) is 0 Å². The van der Waals surface area contributed by atoms with Gasteiger partial charge in [0.05, 0.1) is 0 Å². The molecule has 0 nitrogen and oxygen atoms in total. The van der Waals surface area contributed by atoms with Crippen molar-refractivity contribution in [2.75, 3.05) is 0 Å². The zero-order chi connectivity index (χ0) is 19.3. The second kappa shape index (κ2) is 15.2. The van der Waals surface area contributed by atoms with Gasteiger partial charge < -0.3 is 14.9 Å². The van der Waals surface area contributed by atoms with Crippen LogP contribution in [0.15, 0.2) is 12.7 Å². The minimum atomic E-state index is -0.826. The van der Waals surface area contributed by atoms with Crippen LogP contribution in [-0.4, -0.2) is 8.41 Å². The molecule has 4 aliphatic carbocycles. The third-order valence-electron chi connectivity index (χ3n) is 9.16. The fourth-order valence-electron chi connectivity index (χ4n) is 8.27. The fraction of sp³-hybridized carbons (Fsp3) is 0.846. The van der Waals surface area contributed by atoms with Gasteiger partial charge in [-0.25, -0.2) is 0 Å². The second-order valence-electron chi connectivity index (χ2n) is 10.1. The van der Waals surface area contributed by atoms with Crippen LogP contribution in [0.3, 0.4) is 0 Å². The predicted octanol–water partition coefficient (Wildman–Crippen LogP) is 9.29. The van der Waals surface area contributed by atoms with Crippen LogP contribution in [0, 0.1) is 55.8 Å². The van der Waals surface area contributed by atoms with E-state index in [1.807, 2.05) is 0 Å². The van der Waals surface area contributed by atoms with Crippen LogP contribution in [0.5, 0.6) is 0 Å². The maximum absolute atomic E-state index is 4.93. The van der Waals surface area contributed by atoms with Crippen LogP contribution in [0.1, 0.15) is 96.8 Å². The zero-order valence-electron chi connectivity index (χ0n) is 20.0. The number of fused-ring (bicyclic) bond motifs is 3. The van der Waals surface area contributed by atoms with Crippen molar-refractivity contribution in [1.29, 1.82) is 0 Å². The first-order valence-corrected chi connectivity index (χ1v) is 18.1. The molecule has 4 saturated carbocycles. The number of hydrogen-bond acceptors (Lipinski definition) is 0. The first kappa shape index (κ1) is 31.3. The molecule has 0 saturated heterocycles. The quantitative estimate of drug-likeness (QED) is 0.188. The Morgan fingerprint density at radius 3 is 1.57 bits per heavy atom. The molecule has 0 aliphatic heterocycles. The van der Waals surface area contributed by atoms with Gasteiger partial charge in [0.15, 0.2) is 0 Å². The molecule has 5 atom stereocenters. The van der Waals surface area contributed by atoms with Gasteiger partial charge in [-0.2, -0.15) is 0 Å². The number of hydrogen-bond donors (Lipinski definition) is 0. The summed E-state index contributed by atoms with van der Waals surface area (Å²) in [5.41, 5.74) is 0.613. The van der Waals surface area contributed by atoms with E-state index in [4.69, 9.17) is 17.0 Å². The van der Waals surface area contributed by atoms with E-state index in [2.05, 4.69) is 19.6 Å². The number of allylic oxidation sites excluding steroid dienone is 1. The van der Waals surface area contributed by atoms with E-state index in [0.29, 0.717) is 5.41 Å². The van der Waals surface area contributed by atoms with Crippen molar-refractivity contribution in [2.45, 2.75) is 96.8 Å². The topological polar surface area (TPSA) is 0 Å². The van der Waals surface area contributed by atoms with Gasteiger partial charge in [0.1, 0.15) is 0 Å². The summed E-state index contributed by atoms with van der Waals surface area (Å²) in [5.74, 6) is 6.46. The van der Waals surface area contributed by atoms with Crippen molar-refractivity contribution < 1.29 is 20.8 Å². The molecule has 4 fully saturated rings. The Labute approximate surface area is 210 Å². The molecule has 0 aromatic heterocycles. The zero-order valence-corrected chi connectivity index (χ0v) is 24.0. The van der Waals surface area contributed by atoms with Crippen LogP contribution in [-0.2, 0) is 20.8 Å². The summed E-state index contributed by atoms with van der Waals surface area (Å²) < 4.78 is 0. The molecule has 5 unspecified atom stereocenters. The summed E-state index contributed by atoms with van der Waals surface area (Å²) in [7, 11) is 9.87. The Kier molecular flexibility index (Phi) is 15.9. The van der Waals surface area contributed by atoms with Crippen molar-refractivity contribution in [2.24, 2.45) is 40.9 Å². The molecule has 171 valence electrons. The summed E-state index contributed by atoms with van der Waals surface area (Å²) in [6.45, 7) is 6.83. The molecule has 0 N–H and O–H groups in total. The van der Waals surface area contributed by atoms with Crippen LogP contribution in [0.2, 0.25) is 0 Å². The molecular weight excluding hydrogens is 485 g/mol. The average molecular weight is 532 g/mol. The predicted molar refractivity (Wildman–Crippen MR) is 134 cm³/mol. The molecule has 0 spiro atoms. The van der Waals surface area contributed by atoms with Gasteiger partial charge in [-0.05, 0) is 92.3 Å². The molecule has 4 heteroatoms. The van der Waals surface area contributed by atoms with E-state index in [1.54, 1.807) is 25.7 Å². The van der Waals surface area contributed by atoms with Gasteiger partial charge in [-0.3, -0.25) is 0 Å². The van der Waals surface area contributed by atoms with Crippen LogP contribution < -0.4 is 0 Å². The molecule has 3 radical (unpaired) electrons. The Balaban J connectivity index is 0.00000133. The van der Waals surface area contributed by atoms with Crippen LogP contribution in [0.25, 0.3) is 0 Å². The van der Waals surface area contributed by atoms with E-state index in [1.165, 1.54) is 64.2 Å². The Hall–Kier alpha value is 1.27. The van der Waals surface area contributed by atoms with Gasteiger partial charge in [0.2, 0.25) is 0 Å². The molecule has 4 aliphatic rings. The Bertz CT molecular complexity index is 446. The summed E-state index contributed by atoms with van der Waals surface area (Å²) in [6.07, 6.45) is 23.3. The standard InChI is InChI=1S/C24H40.2CH3.B.2ClH.Zr/c1-3-4-17-24(2,18-11-5-6-12-18)23-21-15-9-7-13-19(21)20-14-8-10-16-22(20)23;;;;;;/h3,18-23H,1,4-17H2,2H3;2*1H3;;2*1H;/q;2*-1;;;;+4/p-2. The Morgan fingerprint density at radius 1 is 0.800 bits per heavy atom. The SMILES string of the molecule is C=CCCC(C)(C1CCCC1)C1C2CCCCC2C2CCCCC21.[B].[CH3-].[CH3-].[Cl][Zr+2][Cl]. The first-order chi connectivity index (χ1) is 13.2. The first-order valence-electron chi connectivity index (χ1n) is 11.7. The van der Waals surface area contributed by atoms with E-state index in [9.17, 15) is 0 Å². The van der Waals surface area contributed by atoms with Gasteiger partial charge in [0, 0.05) is 8.41 Å². The minimum absolute atomic E-state index is 0. The normalized spacial score (nSPS) is 34.2. The number of halogens is 2. The molecular formula is C26H46BCl2Zr. The summed E-state index contributed by atoms with van der Waals surface area (Å²) in [4.78, 5) is 0. The molecule has 0 aromatic carbocycles. The molecule has 0 aromatic rings. The van der Waals surface area contributed by atoms with Gasteiger partial charge in [0.25, 0.3) is 0 Å². The second-order valence-corrected chi connectivity index (χ2v) is 13.9. The molecule has 0 heterocycles. The molecule has 4 rings (SSSR count). The van der Waals surface area contributed by atoms with E-state index < -0.39 is 20.8 Å². The summed E-state index contributed by atoms with van der Waals surface area (Å²) in [5, 5.41) is 0. The van der Waals surface area contributed by atoms with E-state index in [0.717, 1.165) is 35.5 Å². The van der Waals surface area contributed by atoms with Crippen LogP contribution in [0.4, 0.5) is 0 Å².